The molecule has 2 aliphatic rings. The lowest BCUT2D eigenvalue weighted by molar-refractivity contribution is -0.148. The van der Waals surface area contributed by atoms with E-state index in [1.54, 1.807) is 14.0 Å². The van der Waals surface area contributed by atoms with Crippen LogP contribution in [-0.2, 0) is 4.79 Å². The third kappa shape index (κ3) is 3.31. The highest BCUT2D eigenvalue weighted by molar-refractivity contribution is 5.79. The van der Waals surface area contributed by atoms with Crippen LogP contribution in [0.25, 0.3) is 0 Å². The molecule has 0 aromatic carbocycles. The maximum atomic E-state index is 12.3. The Morgan fingerprint density at radius 2 is 1.86 bits per heavy atom. The van der Waals surface area contributed by atoms with Crippen molar-refractivity contribution in [1.29, 1.82) is 0 Å². The molecule has 0 radical (unpaired) electrons. The Morgan fingerprint density at radius 1 is 1.24 bits per heavy atom. The van der Waals surface area contributed by atoms with Crippen molar-refractivity contribution in [3.8, 4) is 0 Å². The zero-order valence-electron chi connectivity index (χ0n) is 12.9. The Bertz CT molecular complexity index is 420. The van der Waals surface area contributed by atoms with E-state index >= 15 is 0 Å². The van der Waals surface area contributed by atoms with Crippen LogP contribution in [-0.4, -0.2) is 52.3 Å². The van der Waals surface area contributed by atoms with Crippen LogP contribution in [0.5, 0.6) is 0 Å². The quantitative estimate of drug-likeness (QED) is 0.735. The predicted octanol–water partition coefficient (Wildman–Crippen LogP) is 1.58. The third-order valence-electron chi connectivity index (χ3n) is 5.16. The van der Waals surface area contributed by atoms with Gasteiger partial charge in [0.15, 0.2) is 0 Å². The molecule has 0 aromatic heterocycles. The van der Waals surface area contributed by atoms with E-state index in [2.05, 4.69) is 5.32 Å². The number of likely N-dealkylation sites (N-methyl/N-ethyl adjacent to an activating group) is 1. The summed E-state index contributed by atoms with van der Waals surface area (Å²) in [7, 11) is 1.65. The standard InChI is InChI=1S/C15H26N2O4/c1-14(12(18)19)7-5-6-11(14)16-13(20)17(2)10-15(21)8-3-4-9-15/h11,21H,3-10H2,1-2H3,(H,16,20)(H,18,19). The number of carbonyl (C=O) groups excluding carboxylic acids is 1. The maximum absolute atomic E-state index is 12.3. The highest BCUT2D eigenvalue weighted by Gasteiger charge is 2.46. The molecule has 0 aliphatic heterocycles. The van der Waals surface area contributed by atoms with Crippen LogP contribution in [0.1, 0.15) is 51.9 Å². The van der Waals surface area contributed by atoms with Gasteiger partial charge in [-0.25, -0.2) is 4.79 Å². The Balaban J connectivity index is 1.93. The number of amides is 2. The van der Waals surface area contributed by atoms with Gasteiger partial charge in [-0.2, -0.15) is 0 Å². The zero-order chi connectivity index (χ0) is 15.7. The number of carboxylic acids is 1. The summed E-state index contributed by atoms with van der Waals surface area (Å²) in [6.45, 7) is 1.99. The van der Waals surface area contributed by atoms with Crippen LogP contribution < -0.4 is 5.32 Å². The van der Waals surface area contributed by atoms with Gasteiger partial charge in [-0.15, -0.1) is 0 Å². The SMILES string of the molecule is CN(CC1(O)CCCC1)C(=O)NC1CCCC1(C)C(=O)O. The maximum Gasteiger partial charge on any atom is 0.317 e. The molecular formula is C15H26N2O4. The van der Waals surface area contributed by atoms with Crippen molar-refractivity contribution < 1.29 is 19.8 Å². The van der Waals surface area contributed by atoms with Crippen LogP contribution in [0.4, 0.5) is 4.79 Å². The largest absolute Gasteiger partial charge is 0.481 e. The average molecular weight is 298 g/mol. The number of urea groups is 1. The van der Waals surface area contributed by atoms with E-state index in [0.717, 1.165) is 32.1 Å². The van der Waals surface area contributed by atoms with Crippen molar-refractivity contribution >= 4 is 12.0 Å². The van der Waals surface area contributed by atoms with Crippen molar-refractivity contribution in [3.63, 3.8) is 0 Å². The third-order valence-corrected chi connectivity index (χ3v) is 5.16. The molecule has 0 spiro atoms. The lowest BCUT2D eigenvalue weighted by Crippen LogP contribution is -2.53. The van der Waals surface area contributed by atoms with E-state index in [1.165, 1.54) is 4.90 Å². The van der Waals surface area contributed by atoms with Gasteiger partial charge in [0.1, 0.15) is 0 Å². The van der Waals surface area contributed by atoms with Crippen molar-refractivity contribution in [2.45, 2.75) is 63.5 Å². The minimum Gasteiger partial charge on any atom is -0.481 e. The number of nitrogens with one attached hydrogen (secondary N) is 1. The van der Waals surface area contributed by atoms with Crippen molar-refractivity contribution in [1.82, 2.24) is 10.2 Å². The fourth-order valence-electron chi connectivity index (χ4n) is 3.62. The van der Waals surface area contributed by atoms with Crippen LogP contribution in [0.15, 0.2) is 0 Å². The first-order valence-electron chi connectivity index (χ1n) is 7.74. The molecular weight excluding hydrogens is 272 g/mol. The van der Waals surface area contributed by atoms with Crippen LogP contribution in [0, 0.1) is 5.41 Å². The Labute approximate surface area is 125 Å². The second kappa shape index (κ2) is 5.83. The van der Waals surface area contributed by atoms with Gasteiger partial charge in [0.05, 0.1) is 17.6 Å². The molecule has 2 rings (SSSR count). The smallest absolute Gasteiger partial charge is 0.317 e. The number of hydrogen-bond donors (Lipinski definition) is 3. The normalized spacial score (nSPS) is 31.1. The second-order valence-electron chi connectivity index (χ2n) is 6.90. The van der Waals surface area contributed by atoms with Gasteiger partial charge in [-0.1, -0.05) is 19.3 Å². The summed E-state index contributed by atoms with van der Waals surface area (Å²) in [5.74, 6) is -0.859. The fraction of sp³-hybridized carbons (Fsp3) is 0.867. The molecule has 120 valence electrons. The van der Waals surface area contributed by atoms with Gasteiger partial charge < -0.3 is 20.4 Å². The van der Waals surface area contributed by atoms with Crippen molar-refractivity contribution in [3.05, 3.63) is 0 Å². The summed E-state index contributed by atoms with van der Waals surface area (Å²) in [6, 6.07) is -0.641. The number of nitrogens with zero attached hydrogens (tertiary/aromatic N) is 1. The monoisotopic (exact) mass is 298 g/mol. The summed E-state index contributed by atoms with van der Waals surface area (Å²) in [6.07, 6.45) is 5.51. The first-order valence-corrected chi connectivity index (χ1v) is 7.74. The van der Waals surface area contributed by atoms with E-state index in [9.17, 15) is 19.8 Å². The summed E-state index contributed by atoms with van der Waals surface area (Å²) >= 11 is 0. The average Bonchev–Trinajstić information content (AvgIpc) is 2.98. The van der Waals surface area contributed by atoms with Crippen LogP contribution in [0.2, 0.25) is 0 Å². The molecule has 0 heterocycles. The van der Waals surface area contributed by atoms with Crippen LogP contribution >= 0.6 is 0 Å². The summed E-state index contributed by atoms with van der Waals surface area (Å²) in [4.78, 5) is 25.1. The van der Waals surface area contributed by atoms with E-state index in [1.807, 2.05) is 0 Å². The van der Waals surface area contributed by atoms with E-state index < -0.39 is 17.0 Å². The Kier molecular flexibility index (Phi) is 4.46. The van der Waals surface area contributed by atoms with E-state index in [0.29, 0.717) is 19.4 Å². The lowest BCUT2D eigenvalue weighted by Gasteiger charge is -2.32. The molecule has 6 heteroatoms. The molecule has 6 nitrogen and oxygen atoms in total. The number of rotatable bonds is 4. The van der Waals surface area contributed by atoms with Gasteiger partial charge in [0.2, 0.25) is 0 Å². The van der Waals surface area contributed by atoms with Crippen molar-refractivity contribution in [2.24, 2.45) is 5.41 Å². The van der Waals surface area contributed by atoms with Gasteiger partial charge in [-0.05, 0) is 32.6 Å². The molecule has 3 N–H and O–H groups in total. The highest BCUT2D eigenvalue weighted by atomic mass is 16.4. The molecule has 21 heavy (non-hydrogen) atoms. The summed E-state index contributed by atoms with van der Waals surface area (Å²) in [5, 5.41) is 22.5. The topological polar surface area (TPSA) is 89.9 Å². The number of hydrogen-bond acceptors (Lipinski definition) is 3. The molecule has 2 aliphatic carbocycles. The first kappa shape index (κ1) is 16.1. The Morgan fingerprint density at radius 3 is 2.43 bits per heavy atom. The molecule has 0 aromatic rings. The minimum atomic E-state index is -0.888. The van der Waals surface area contributed by atoms with Gasteiger partial charge >= 0.3 is 12.0 Å². The van der Waals surface area contributed by atoms with Gasteiger partial charge in [0.25, 0.3) is 0 Å². The second-order valence-corrected chi connectivity index (χ2v) is 6.90. The fourth-order valence-corrected chi connectivity index (χ4v) is 3.62. The molecule has 0 bridgehead atoms. The number of aliphatic carboxylic acids is 1. The summed E-state index contributed by atoms with van der Waals surface area (Å²) < 4.78 is 0. The van der Waals surface area contributed by atoms with Gasteiger partial charge in [-0.3, -0.25) is 4.79 Å². The van der Waals surface area contributed by atoms with E-state index in [4.69, 9.17) is 0 Å². The zero-order valence-corrected chi connectivity index (χ0v) is 12.9. The highest BCUT2D eigenvalue weighted by Crippen LogP contribution is 2.38. The lowest BCUT2D eigenvalue weighted by atomic mass is 9.85. The van der Waals surface area contributed by atoms with Crippen molar-refractivity contribution in [2.75, 3.05) is 13.6 Å². The summed E-state index contributed by atoms with van der Waals surface area (Å²) in [5.41, 5.74) is -1.67. The van der Waals surface area contributed by atoms with Crippen LogP contribution in [0.3, 0.4) is 0 Å². The predicted molar refractivity (Wildman–Crippen MR) is 78.0 cm³/mol. The molecule has 0 saturated heterocycles. The molecule has 2 fully saturated rings. The Hall–Kier alpha value is -1.30. The van der Waals surface area contributed by atoms with E-state index in [-0.39, 0.29) is 12.1 Å². The molecule has 2 unspecified atom stereocenters. The molecule has 2 saturated carbocycles. The number of carbonyl (C=O) groups is 2. The molecule has 2 amide bonds. The molecule has 2 atom stereocenters. The number of aliphatic hydroxyl groups is 1. The van der Waals surface area contributed by atoms with Gasteiger partial charge in [0, 0.05) is 13.1 Å². The first-order chi connectivity index (χ1) is 9.77. The number of carboxylic acid groups (broad SMARTS) is 1. The minimum absolute atomic E-state index is 0.297.